The predicted molar refractivity (Wildman–Crippen MR) is 148 cm³/mol. The van der Waals surface area contributed by atoms with Gasteiger partial charge in [-0.15, -0.1) is 0 Å². The molecule has 9 nitrogen and oxygen atoms in total. The first kappa shape index (κ1) is 27.4. The maximum atomic E-state index is 13.2. The number of methoxy groups -OCH3 is 1. The highest BCUT2D eigenvalue weighted by atomic mass is 32.2. The largest absolute Gasteiger partial charge is 0.480 e. The number of likely N-dealkylation sites (tertiary alicyclic amines) is 1. The zero-order valence-electron chi connectivity index (χ0n) is 22.1. The Hall–Kier alpha value is -3.21. The zero-order valence-corrected chi connectivity index (χ0v) is 22.9. The van der Waals surface area contributed by atoms with Crippen LogP contribution in [-0.4, -0.2) is 61.0 Å². The molecule has 1 atom stereocenters. The lowest BCUT2D eigenvalue weighted by molar-refractivity contribution is -0.154. The van der Waals surface area contributed by atoms with E-state index in [2.05, 4.69) is 9.71 Å². The SMILES string of the molecule is COCc1ccc(-c2cc3ccc(S(=O)(=O)NC4CCC(C(=O)N5CCCCC5C(=O)O)CC4)cc3[nH]2)cc1. The summed E-state index contributed by atoms with van der Waals surface area (Å²) >= 11 is 0. The number of hydrogen-bond donors (Lipinski definition) is 3. The number of rotatable bonds is 8. The Morgan fingerprint density at radius 2 is 1.77 bits per heavy atom. The van der Waals surface area contributed by atoms with Crippen molar-refractivity contribution in [1.82, 2.24) is 14.6 Å². The van der Waals surface area contributed by atoms with Gasteiger partial charge in [-0.2, -0.15) is 0 Å². The van der Waals surface area contributed by atoms with Crippen LogP contribution in [0.25, 0.3) is 22.2 Å². The first-order valence-corrected chi connectivity index (χ1v) is 15.0. The first-order valence-electron chi connectivity index (χ1n) is 13.5. The van der Waals surface area contributed by atoms with Gasteiger partial charge in [0.25, 0.3) is 0 Å². The normalized spacial score (nSPS) is 22.2. The summed E-state index contributed by atoms with van der Waals surface area (Å²) in [5, 5.41) is 10.4. The van der Waals surface area contributed by atoms with E-state index in [1.165, 1.54) is 4.90 Å². The summed E-state index contributed by atoms with van der Waals surface area (Å²) in [4.78, 5) is 29.7. The lowest BCUT2D eigenvalue weighted by Crippen LogP contribution is -2.51. The van der Waals surface area contributed by atoms with Crippen LogP contribution in [0.4, 0.5) is 0 Å². The topological polar surface area (TPSA) is 129 Å². The lowest BCUT2D eigenvalue weighted by Gasteiger charge is -2.37. The lowest BCUT2D eigenvalue weighted by atomic mass is 9.84. The van der Waals surface area contributed by atoms with Gasteiger partial charge in [0.15, 0.2) is 0 Å². The average molecular weight is 554 g/mol. The van der Waals surface area contributed by atoms with Crippen LogP contribution in [0.15, 0.2) is 53.4 Å². The molecule has 10 heteroatoms. The quantitative estimate of drug-likeness (QED) is 0.382. The number of aromatic amines is 1. The molecular formula is C29H35N3O6S. The molecule has 1 aromatic heterocycles. The highest BCUT2D eigenvalue weighted by Gasteiger charge is 2.37. The fourth-order valence-corrected chi connectivity index (χ4v) is 7.14. The Morgan fingerprint density at radius 3 is 2.46 bits per heavy atom. The van der Waals surface area contributed by atoms with Gasteiger partial charge in [-0.3, -0.25) is 4.79 Å². The number of nitrogens with one attached hydrogen (secondary N) is 2. The van der Waals surface area contributed by atoms with Gasteiger partial charge >= 0.3 is 5.97 Å². The van der Waals surface area contributed by atoms with E-state index in [1.807, 2.05) is 30.3 Å². The summed E-state index contributed by atoms with van der Waals surface area (Å²) in [6, 6.07) is 14.1. The minimum absolute atomic E-state index is 0.107. The maximum Gasteiger partial charge on any atom is 0.326 e. The molecular weight excluding hydrogens is 518 g/mol. The Balaban J connectivity index is 1.22. The summed E-state index contributed by atoms with van der Waals surface area (Å²) in [6.45, 7) is 1.02. The fraction of sp³-hybridized carbons (Fsp3) is 0.448. The number of carboxylic acids is 1. The highest BCUT2D eigenvalue weighted by molar-refractivity contribution is 7.89. The van der Waals surface area contributed by atoms with E-state index in [0.29, 0.717) is 45.3 Å². The number of carboxylic acid groups (broad SMARTS) is 1. The van der Waals surface area contributed by atoms with Crippen LogP contribution in [0.5, 0.6) is 0 Å². The number of sulfonamides is 1. The second kappa shape index (κ2) is 11.5. The molecule has 0 bridgehead atoms. The van der Waals surface area contributed by atoms with Crippen molar-refractivity contribution in [1.29, 1.82) is 0 Å². The number of ether oxygens (including phenoxy) is 1. The third-order valence-electron chi connectivity index (χ3n) is 7.95. The molecule has 2 fully saturated rings. The van der Waals surface area contributed by atoms with Gasteiger partial charge in [0.05, 0.1) is 11.5 Å². The number of fused-ring (bicyclic) bond motifs is 1. The molecule has 1 saturated heterocycles. The number of H-pyrrole nitrogens is 1. The van der Waals surface area contributed by atoms with E-state index < -0.39 is 22.0 Å². The molecule has 1 unspecified atom stereocenters. The third kappa shape index (κ3) is 6.03. The van der Waals surface area contributed by atoms with Crippen molar-refractivity contribution in [2.24, 2.45) is 5.92 Å². The molecule has 3 N–H and O–H groups in total. The minimum Gasteiger partial charge on any atom is -0.480 e. The van der Waals surface area contributed by atoms with Crippen LogP contribution in [0, 0.1) is 5.92 Å². The maximum absolute atomic E-state index is 13.2. The van der Waals surface area contributed by atoms with E-state index >= 15 is 0 Å². The molecule has 3 aromatic rings. The van der Waals surface area contributed by atoms with Crippen molar-refractivity contribution < 1.29 is 27.9 Å². The summed E-state index contributed by atoms with van der Waals surface area (Å²) < 4.78 is 34.4. The van der Waals surface area contributed by atoms with Crippen LogP contribution in [-0.2, 0) is 31.0 Å². The Kier molecular flexibility index (Phi) is 8.06. The van der Waals surface area contributed by atoms with Crippen LogP contribution >= 0.6 is 0 Å². The molecule has 5 rings (SSSR count). The Labute approximate surface area is 228 Å². The van der Waals surface area contributed by atoms with Gasteiger partial charge in [0, 0.05) is 42.2 Å². The number of aromatic nitrogens is 1. The smallest absolute Gasteiger partial charge is 0.326 e. The summed E-state index contributed by atoms with van der Waals surface area (Å²) in [6.07, 6.45) is 4.27. The van der Waals surface area contributed by atoms with E-state index in [1.54, 1.807) is 25.3 Å². The van der Waals surface area contributed by atoms with Gasteiger partial charge in [0.2, 0.25) is 15.9 Å². The van der Waals surface area contributed by atoms with Gasteiger partial charge in [-0.1, -0.05) is 30.3 Å². The molecule has 2 aliphatic rings. The molecule has 2 aromatic carbocycles. The molecule has 0 spiro atoms. The van der Waals surface area contributed by atoms with E-state index in [4.69, 9.17) is 4.74 Å². The number of benzene rings is 2. The fourth-order valence-electron chi connectivity index (χ4n) is 5.81. The molecule has 0 radical (unpaired) electrons. The molecule has 1 saturated carbocycles. The number of aliphatic carboxylic acids is 1. The molecule has 208 valence electrons. The van der Waals surface area contributed by atoms with Crippen molar-refractivity contribution in [2.75, 3.05) is 13.7 Å². The molecule has 1 aliphatic heterocycles. The van der Waals surface area contributed by atoms with Crippen LogP contribution in [0.1, 0.15) is 50.5 Å². The Morgan fingerprint density at radius 1 is 1.03 bits per heavy atom. The van der Waals surface area contributed by atoms with E-state index in [9.17, 15) is 23.1 Å². The van der Waals surface area contributed by atoms with E-state index in [-0.39, 0.29) is 22.8 Å². The summed E-state index contributed by atoms with van der Waals surface area (Å²) in [7, 11) is -2.09. The molecule has 1 amide bonds. The van der Waals surface area contributed by atoms with Crippen molar-refractivity contribution in [3.8, 4) is 11.3 Å². The van der Waals surface area contributed by atoms with Crippen LogP contribution in [0.3, 0.4) is 0 Å². The first-order chi connectivity index (χ1) is 18.7. The van der Waals surface area contributed by atoms with Crippen LogP contribution < -0.4 is 4.72 Å². The second-order valence-electron chi connectivity index (χ2n) is 10.6. The molecule has 1 aliphatic carbocycles. The monoisotopic (exact) mass is 553 g/mol. The van der Waals surface area contributed by atoms with Crippen molar-refractivity contribution in [3.63, 3.8) is 0 Å². The predicted octanol–water partition coefficient (Wildman–Crippen LogP) is 4.28. The average Bonchev–Trinajstić information content (AvgIpc) is 3.37. The Bertz CT molecular complexity index is 1440. The summed E-state index contributed by atoms with van der Waals surface area (Å²) in [5.41, 5.74) is 3.71. The zero-order chi connectivity index (χ0) is 27.6. The second-order valence-corrected chi connectivity index (χ2v) is 12.3. The van der Waals surface area contributed by atoms with Gasteiger partial charge < -0.3 is 19.7 Å². The molecule has 39 heavy (non-hydrogen) atoms. The van der Waals surface area contributed by atoms with Gasteiger partial charge in [-0.05, 0) is 74.3 Å². The van der Waals surface area contributed by atoms with Gasteiger partial charge in [-0.25, -0.2) is 17.9 Å². The number of carbonyl (C=O) groups is 2. The van der Waals surface area contributed by atoms with Crippen molar-refractivity contribution in [2.45, 2.75) is 68.5 Å². The minimum atomic E-state index is -3.75. The number of hydrogen-bond acceptors (Lipinski definition) is 5. The van der Waals surface area contributed by atoms with Crippen LogP contribution in [0.2, 0.25) is 0 Å². The third-order valence-corrected chi connectivity index (χ3v) is 9.47. The number of nitrogens with zero attached hydrogens (tertiary/aromatic N) is 1. The number of piperidine rings is 1. The van der Waals surface area contributed by atoms with E-state index in [0.717, 1.165) is 40.6 Å². The highest BCUT2D eigenvalue weighted by Crippen LogP contribution is 2.31. The van der Waals surface area contributed by atoms with Gasteiger partial charge in [0.1, 0.15) is 6.04 Å². The van der Waals surface area contributed by atoms with Crippen molar-refractivity contribution >= 4 is 32.8 Å². The molecule has 2 heterocycles. The summed E-state index contributed by atoms with van der Waals surface area (Å²) in [5.74, 6) is -1.32. The number of amides is 1. The number of carbonyl (C=O) groups excluding carboxylic acids is 1. The van der Waals surface area contributed by atoms with Crippen molar-refractivity contribution in [3.05, 3.63) is 54.1 Å². The standard InChI is InChI=1S/C29H35N3O6S/c1-38-18-19-5-7-20(8-6-19)25-16-22-11-14-24(17-26(22)30-25)39(36,37)31-23-12-9-21(10-13-23)28(33)32-15-3-2-4-27(32)29(34)35/h5-8,11,14,16-17,21,23,27,30-31H,2-4,9-10,12-13,15,18H2,1H3,(H,34,35).